The van der Waals surface area contributed by atoms with Crippen molar-refractivity contribution in [2.24, 2.45) is 0 Å². The van der Waals surface area contributed by atoms with Gasteiger partial charge in [0.1, 0.15) is 5.82 Å². The Kier molecular flexibility index (Phi) is 4.15. The van der Waals surface area contributed by atoms with Gasteiger partial charge in [0.15, 0.2) is 0 Å². The zero-order chi connectivity index (χ0) is 16.5. The molecule has 2 aromatic rings. The van der Waals surface area contributed by atoms with E-state index in [-0.39, 0.29) is 5.56 Å². The van der Waals surface area contributed by atoms with E-state index < -0.39 is 38.2 Å². The first-order valence-corrected chi connectivity index (χ1v) is 7.55. The van der Waals surface area contributed by atoms with E-state index in [0.717, 1.165) is 30.3 Å². The SMILES string of the molecule is Cc1ccc(F)cc1S(=O)(=O)Nc1ccccc1C(F)(F)F. The number of benzene rings is 2. The van der Waals surface area contributed by atoms with Gasteiger partial charge >= 0.3 is 6.18 Å². The smallest absolute Gasteiger partial charge is 0.279 e. The largest absolute Gasteiger partial charge is 0.418 e. The highest BCUT2D eigenvalue weighted by atomic mass is 32.2. The maximum Gasteiger partial charge on any atom is 0.418 e. The van der Waals surface area contributed by atoms with Crippen LogP contribution in [0.4, 0.5) is 23.2 Å². The lowest BCUT2D eigenvalue weighted by molar-refractivity contribution is -0.136. The number of alkyl halides is 3. The monoisotopic (exact) mass is 333 g/mol. The molecule has 0 fully saturated rings. The van der Waals surface area contributed by atoms with Gasteiger partial charge in [-0.25, -0.2) is 12.8 Å². The minimum Gasteiger partial charge on any atom is -0.279 e. The number of halogens is 4. The first-order chi connectivity index (χ1) is 10.1. The lowest BCUT2D eigenvalue weighted by atomic mass is 10.2. The Morgan fingerprint density at radius 1 is 1.05 bits per heavy atom. The van der Waals surface area contributed by atoms with Gasteiger partial charge in [0, 0.05) is 0 Å². The normalized spacial score (nSPS) is 12.2. The second-order valence-corrected chi connectivity index (χ2v) is 6.21. The molecule has 0 aliphatic rings. The van der Waals surface area contributed by atoms with Gasteiger partial charge in [-0.15, -0.1) is 0 Å². The van der Waals surface area contributed by atoms with E-state index in [9.17, 15) is 26.0 Å². The molecule has 0 unspecified atom stereocenters. The number of rotatable bonds is 3. The topological polar surface area (TPSA) is 46.2 Å². The summed E-state index contributed by atoms with van der Waals surface area (Å²) in [6.45, 7) is 1.42. The second kappa shape index (κ2) is 5.60. The van der Waals surface area contributed by atoms with Gasteiger partial charge in [0.2, 0.25) is 0 Å². The van der Waals surface area contributed by atoms with E-state index in [1.54, 1.807) is 0 Å². The lowest BCUT2D eigenvalue weighted by Gasteiger charge is -2.15. The molecule has 0 radical (unpaired) electrons. The van der Waals surface area contributed by atoms with Gasteiger partial charge in [-0.05, 0) is 36.8 Å². The molecule has 2 aromatic carbocycles. The molecule has 0 amide bonds. The highest BCUT2D eigenvalue weighted by Crippen LogP contribution is 2.35. The van der Waals surface area contributed by atoms with Gasteiger partial charge in [-0.2, -0.15) is 13.2 Å². The summed E-state index contributed by atoms with van der Waals surface area (Å²) >= 11 is 0. The summed E-state index contributed by atoms with van der Waals surface area (Å²) in [5.74, 6) is -0.796. The Hall–Kier alpha value is -2.09. The van der Waals surface area contributed by atoms with Crippen molar-refractivity contribution in [3.63, 3.8) is 0 Å². The molecular formula is C14H11F4NO2S. The third-order valence-electron chi connectivity index (χ3n) is 2.92. The predicted molar refractivity (Wildman–Crippen MR) is 73.4 cm³/mol. The van der Waals surface area contributed by atoms with Gasteiger partial charge in [0.25, 0.3) is 10.0 Å². The van der Waals surface area contributed by atoms with E-state index >= 15 is 0 Å². The highest BCUT2D eigenvalue weighted by Gasteiger charge is 2.34. The minimum atomic E-state index is -4.71. The Bertz CT molecular complexity index is 801. The van der Waals surface area contributed by atoms with Gasteiger partial charge < -0.3 is 0 Å². The zero-order valence-electron chi connectivity index (χ0n) is 11.3. The summed E-state index contributed by atoms with van der Waals surface area (Å²) in [6, 6.07) is 7.23. The standard InChI is InChI=1S/C14H11F4NO2S/c1-9-6-7-10(15)8-13(9)22(20,21)19-12-5-3-2-4-11(12)14(16,17)18/h2-8,19H,1H3. The number of aryl methyl sites for hydroxylation is 1. The van der Waals surface area contributed by atoms with Crippen LogP contribution >= 0.6 is 0 Å². The number of hydrogen-bond donors (Lipinski definition) is 1. The third-order valence-corrected chi connectivity index (χ3v) is 4.42. The fraction of sp³-hybridized carbons (Fsp3) is 0.143. The van der Waals surface area contributed by atoms with Crippen LogP contribution in [0.3, 0.4) is 0 Å². The minimum absolute atomic E-state index is 0.221. The van der Waals surface area contributed by atoms with Crippen molar-refractivity contribution in [3.8, 4) is 0 Å². The highest BCUT2D eigenvalue weighted by molar-refractivity contribution is 7.92. The van der Waals surface area contributed by atoms with Crippen molar-refractivity contribution < 1.29 is 26.0 Å². The fourth-order valence-electron chi connectivity index (χ4n) is 1.88. The van der Waals surface area contributed by atoms with Gasteiger partial charge in [-0.1, -0.05) is 18.2 Å². The summed E-state index contributed by atoms with van der Waals surface area (Å²) in [7, 11) is -4.34. The molecule has 1 N–H and O–H groups in total. The number of anilines is 1. The molecule has 118 valence electrons. The van der Waals surface area contributed by atoms with Crippen LogP contribution in [0.2, 0.25) is 0 Å². The van der Waals surface area contributed by atoms with Crippen LogP contribution in [0.15, 0.2) is 47.4 Å². The van der Waals surface area contributed by atoms with Crippen molar-refractivity contribution in [2.75, 3.05) is 4.72 Å². The van der Waals surface area contributed by atoms with Crippen molar-refractivity contribution in [1.82, 2.24) is 0 Å². The fourth-order valence-corrected chi connectivity index (χ4v) is 3.22. The Morgan fingerprint density at radius 3 is 2.32 bits per heavy atom. The molecule has 3 nitrogen and oxygen atoms in total. The molecule has 0 saturated heterocycles. The van der Waals surface area contributed by atoms with Gasteiger partial charge in [0.05, 0.1) is 16.1 Å². The molecule has 0 atom stereocenters. The Labute approximate surface area is 124 Å². The number of nitrogens with one attached hydrogen (secondary N) is 1. The lowest BCUT2D eigenvalue weighted by Crippen LogP contribution is -2.18. The molecule has 0 spiro atoms. The third kappa shape index (κ3) is 3.38. The molecule has 0 aromatic heterocycles. The molecule has 0 saturated carbocycles. The number of sulfonamides is 1. The van der Waals surface area contributed by atoms with Crippen LogP contribution in [0, 0.1) is 12.7 Å². The molecule has 0 heterocycles. The summed E-state index contributed by atoms with van der Waals surface area (Å²) in [4.78, 5) is -0.413. The van der Waals surface area contributed by atoms with Crippen LogP contribution in [-0.2, 0) is 16.2 Å². The molecule has 0 bridgehead atoms. The van der Waals surface area contributed by atoms with Crippen molar-refractivity contribution in [2.45, 2.75) is 18.0 Å². The van der Waals surface area contributed by atoms with Crippen molar-refractivity contribution in [1.29, 1.82) is 0 Å². The molecular weight excluding hydrogens is 322 g/mol. The van der Waals surface area contributed by atoms with Crippen LogP contribution in [0.5, 0.6) is 0 Å². The number of para-hydroxylation sites is 1. The van der Waals surface area contributed by atoms with E-state index in [0.29, 0.717) is 0 Å². The van der Waals surface area contributed by atoms with E-state index in [1.807, 2.05) is 4.72 Å². The summed E-state index contributed by atoms with van der Waals surface area (Å²) < 4.78 is 78.1. The quantitative estimate of drug-likeness (QED) is 0.865. The first-order valence-electron chi connectivity index (χ1n) is 6.06. The van der Waals surface area contributed by atoms with Crippen LogP contribution in [0.25, 0.3) is 0 Å². The van der Waals surface area contributed by atoms with Crippen LogP contribution in [-0.4, -0.2) is 8.42 Å². The van der Waals surface area contributed by atoms with Crippen molar-refractivity contribution >= 4 is 15.7 Å². The molecule has 22 heavy (non-hydrogen) atoms. The van der Waals surface area contributed by atoms with E-state index in [2.05, 4.69) is 0 Å². The maximum atomic E-state index is 13.2. The van der Waals surface area contributed by atoms with Crippen LogP contribution < -0.4 is 4.72 Å². The van der Waals surface area contributed by atoms with Crippen molar-refractivity contribution in [3.05, 3.63) is 59.4 Å². The maximum absolute atomic E-state index is 13.2. The predicted octanol–water partition coefficient (Wildman–Crippen LogP) is 3.95. The summed E-state index contributed by atoms with van der Waals surface area (Å²) in [5, 5.41) is 0. The second-order valence-electron chi connectivity index (χ2n) is 4.56. The van der Waals surface area contributed by atoms with E-state index in [4.69, 9.17) is 0 Å². The first kappa shape index (κ1) is 16.3. The summed E-state index contributed by atoms with van der Waals surface area (Å²) in [6.07, 6.45) is -4.71. The summed E-state index contributed by atoms with van der Waals surface area (Å²) in [5.41, 5.74) is -1.51. The number of hydrogen-bond acceptors (Lipinski definition) is 2. The molecule has 8 heteroatoms. The van der Waals surface area contributed by atoms with E-state index in [1.165, 1.54) is 19.1 Å². The van der Waals surface area contributed by atoms with Crippen LogP contribution in [0.1, 0.15) is 11.1 Å². The molecule has 0 aliphatic heterocycles. The molecule has 2 rings (SSSR count). The Morgan fingerprint density at radius 2 is 1.68 bits per heavy atom. The molecule has 0 aliphatic carbocycles. The van der Waals surface area contributed by atoms with Gasteiger partial charge in [-0.3, -0.25) is 4.72 Å². The Balaban J connectivity index is 2.49. The zero-order valence-corrected chi connectivity index (χ0v) is 12.1. The average Bonchev–Trinajstić information content (AvgIpc) is 2.40. The average molecular weight is 333 g/mol.